The summed E-state index contributed by atoms with van der Waals surface area (Å²) in [5.74, 6) is -0.413. The quantitative estimate of drug-likeness (QED) is 0.664. The molecule has 3 N–H and O–H groups in total. The van der Waals surface area contributed by atoms with Crippen molar-refractivity contribution in [2.45, 2.75) is 62.6 Å². The van der Waals surface area contributed by atoms with E-state index in [1.807, 2.05) is 24.3 Å². The molecule has 1 aromatic heterocycles. The molecular formula is C24H28N4O3. The predicted molar refractivity (Wildman–Crippen MR) is 118 cm³/mol. The Labute approximate surface area is 181 Å². The van der Waals surface area contributed by atoms with Crippen LogP contribution in [0.3, 0.4) is 0 Å². The number of rotatable bonds is 4. The number of carbonyl (C=O) groups excluding carboxylic acids is 3. The van der Waals surface area contributed by atoms with Crippen LogP contribution in [0.5, 0.6) is 0 Å². The van der Waals surface area contributed by atoms with Crippen molar-refractivity contribution in [2.75, 3.05) is 6.54 Å². The average Bonchev–Trinajstić information content (AvgIpc) is 3.14. The number of fused-ring (bicyclic) bond motifs is 4. The van der Waals surface area contributed by atoms with Crippen LogP contribution >= 0.6 is 0 Å². The van der Waals surface area contributed by atoms with Crippen molar-refractivity contribution in [3.8, 4) is 0 Å². The van der Waals surface area contributed by atoms with Crippen molar-refractivity contribution < 1.29 is 14.4 Å². The molecule has 0 radical (unpaired) electrons. The van der Waals surface area contributed by atoms with Crippen molar-refractivity contribution >= 4 is 28.6 Å². The van der Waals surface area contributed by atoms with Crippen LogP contribution in [0.1, 0.15) is 65.8 Å². The Kier molecular flexibility index (Phi) is 4.84. The van der Waals surface area contributed by atoms with Crippen LogP contribution in [-0.2, 0) is 10.3 Å². The lowest BCUT2D eigenvalue weighted by atomic mass is 9.75. The molecule has 2 heterocycles. The largest absolute Gasteiger partial charge is 0.348 e. The van der Waals surface area contributed by atoms with Crippen LogP contribution in [0.25, 0.3) is 10.9 Å². The molecular weight excluding hydrogens is 392 g/mol. The number of benzene rings is 1. The fourth-order valence-corrected chi connectivity index (χ4v) is 5.39. The molecule has 162 valence electrons. The van der Waals surface area contributed by atoms with E-state index in [4.69, 9.17) is 0 Å². The molecule has 0 bridgehead atoms. The maximum Gasteiger partial charge on any atom is 0.268 e. The van der Waals surface area contributed by atoms with E-state index in [-0.39, 0.29) is 35.3 Å². The van der Waals surface area contributed by atoms with Gasteiger partial charge in [0.2, 0.25) is 5.91 Å². The Balaban J connectivity index is 1.43. The number of nitrogens with zero attached hydrogens (tertiary/aromatic N) is 1. The summed E-state index contributed by atoms with van der Waals surface area (Å²) in [4.78, 5) is 37.4. The van der Waals surface area contributed by atoms with E-state index < -0.39 is 0 Å². The number of carbonyl (C=O) groups is 3. The second-order valence-corrected chi connectivity index (χ2v) is 9.08. The second-order valence-electron chi connectivity index (χ2n) is 9.08. The molecule has 2 aromatic rings. The van der Waals surface area contributed by atoms with Crippen LogP contribution in [-0.4, -0.2) is 40.9 Å². The first-order valence-corrected chi connectivity index (χ1v) is 11.2. The zero-order valence-electron chi connectivity index (χ0n) is 17.6. The minimum Gasteiger partial charge on any atom is -0.348 e. The Morgan fingerprint density at radius 2 is 1.84 bits per heavy atom. The first-order valence-electron chi connectivity index (χ1n) is 11.2. The predicted octanol–water partition coefficient (Wildman–Crippen LogP) is 2.61. The molecule has 7 nitrogen and oxygen atoms in total. The standard InChI is InChI=1S/C24H28N4O3/c1-2-21(29)26-17-6-3-4-7-18(17)27-22(30)16-9-8-15-12-20-23(31)25-14-24(10-5-11-24)28(20)19(15)13-16/h2,8-9,12-13,17-18H,1,3-7,10-11,14H2,(H,25,31)(H,26,29)(H,27,30)/t17-,18+/m0/s1. The van der Waals surface area contributed by atoms with E-state index in [9.17, 15) is 14.4 Å². The van der Waals surface area contributed by atoms with Gasteiger partial charge in [0, 0.05) is 29.6 Å². The highest BCUT2D eigenvalue weighted by Crippen LogP contribution is 2.44. The van der Waals surface area contributed by atoms with Gasteiger partial charge in [-0.15, -0.1) is 0 Å². The second kappa shape index (κ2) is 7.55. The summed E-state index contributed by atoms with van der Waals surface area (Å²) < 4.78 is 2.16. The molecule has 0 saturated heterocycles. The monoisotopic (exact) mass is 420 g/mol. The molecule has 0 unspecified atom stereocenters. The average molecular weight is 421 g/mol. The van der Waals surface area contributed by atoms with Gasteiger partial charge in [0.15, 0.2) is 0 Å². The lowest BCUT2D eigenvalue weighted by Crippen LogP contribution is -2.55. The molecule has 31 heavy (non-hydrogen) atoms. The molecule has 2 aliphatic carbocycles. The van der Waals surface area contributed by atoms with Gasteiger partial charge in [0.05, 0.1) is 11.1 Å². The van der Waals surface area contributed by atoms with Crippen LogP contribution in [0.2, 0.25) is 0 Å². The molecule has 5 rings (SSSR count). The Bertz CT molecular complexity index is 1080. The molecule has 3 amide bonds. The summed E-state index contributed by atoms with van der Waals surface area (Å²) in [5, 5.41) is 10.1. The van der Waals surface area contributed by atoms with Gasteiger partial charge < -0.3 is 20.5 Å². The van der Waals surface area contributed by atoms with Crippen LogP contribution in [0.4, 0.5) is 0 Å². The third-order valence-corrected chi connectivity index (χ3v) is 7.23. The zero-order valence-corrected chi connectivity index (χ0v) is 17.6. The zero-order chi connectivity index (χ0) is 21.6. The van der Waals surface area contributed by atoms with Crippen LogP contribution in [0.15, 0.2) is 36.9 Å². The third kappa shape index (κ3) is 3.32. The molecule has 1 spiro atoms. The summed E-state index contributed by atoms with van der Waals surface area (Å²) in [6, 6.07) is 7.38. The molecule has 1 aliphatic heterocycles. The van der Waals surface area contributed by atoms with Gasteiger partial charge in [-0.25, -0.2) is 0 Å². The smallest absolute Gasteiger partial charge is 0.268 e. The van der Waals surface area contributed by atoms with E-state index in [1.165, 1.54) is 6.08 Å². The molecule has 2 saturated carbocycles. The van der Waals surface area contributed by atoms with Gasteiger partial charge >= 0.3 is 0 Å². The van der Waals surface area contributed by atoms with E-state index in [1.54, 1.807) is 0 Å². The highest BCUT2D eigenvalue weighted by molar-refractivity contribution is 6.03. The SMILES string of the molecule is C=CC(=O)N[C@H]1CCCC[C@H]1NC(=O)c1ccc2cc3n(c2c1)C1(CCC1)CNC3=O. The Morgan fingerprint density at radius 1 is 1.10 bits per heavy atom. The first-order chi connectivity index (χ1) is 15.0. The van der Waals surface area contributed by atoms with Crippen molar-refractivity contribution in [3.63, 3.8) is 0 Å². The minimum atomic E-state index is -0.212. The lowest BCUT2D eigenvalue weighted by Gasteiger charge is -2.47. The molecule has 7 heteroatoms. The van der Waals surface area contributed by atoms with Crippen molar-refractivity contribution in [3.05, 3.63) is 48.2 Å². The van der Waals surface area contributed by atoms with E-state index >= 15 is 0 Å². The van der Waals surface area contributed by atoms with Crippen LogP contribution < -0.4 is 16.0 Å². The summed E-state index contributed by atoms with van der Waals surface area (Å²) in [5.41, 5.74) is 2.13. The van der Waals surface area contributed by atoms with Crippen molar-refractivity contribution in [1.29, 1.82) is 0 Å². The number of hydrogen-bond donors (Lipinski definition) is 3. The number of amides is 3. The number of aromatic nitrogens is 1. The van der Waals surface area contributed by atoms with Crippen molar-refractivity contribution in [2.24, 2.45) is 0 Å². The molecule has 2 fully saturated rings. The topological polar surface area (TPSA) is 92.2 Å². The summed E-state index contributed by atoms with van der Waals surface area (Å²) in [7, 11) is 0. The van der Waals surface area contributed by atoms with E-state index in [0.29, 0.717) is 17.8 Å². The Morgan fingerprint density at radius 3 is 2.52 bits per heavy atom. The summed E-state index contributed by atoms with van der Waals surface area (Å²) in [6.45, 7) is 4.16. The van der Waals surface area contributed by atoms with E-state index in [2.05, 4.69) is 27.1 Å². The van der Waals surface area contributed by atoms with Gasteiger partial charge in [0.25, 0.3) is 11.8 Å². The van der Waals surface area contributed by atoms with Gasteiger partial charge in [-0.3, -0.25) is 14.4 Å². The first kappa shape index (κ1) is 19.8. The highest BCUT2D eigenvalue weighted by Gasteiger charge is 2.44. The van der Waals surface area contributed by atoms with Gasteiger partial charge in [-0.2, -0.15) is 0 Å². The fraction of sp³-hybridized carbons (Fsp3) is 0.458. The molecule has 2 atom stereocenters. The van der Waals surface area contributed by atoms with Crippen LogP contribution in [0, 0.1) is 0 Å². The summed E-state index contributed by atoms with van der Waals surface area (Å²) >= 11 is 0. The van der Waals surface area contributed by atoms with Gasteiger partial charge in [0.1, 0.15) is 5.69 Å². The normalized spacial score (nSPS) is 24.1. The fourth-order valence-electron chi connectivity index (χ4n) is 5.39. The maximum absolute atomic E-state index is 13.1. The molecule has 3 aliphatic rings. The van der Waals surface area contributed by atoms with E-state index in [0.717, 1.165) is 55.8 Å². The van der Waals surface area contributed by atoms with Gasteiger partial charge in [-0.1, -0.05) is 25.5 Å². The molecule has 1 aromatic carbocycles. The lowest BCUT2D eigenvalue weighted by molar-refractivity contribution is -0.117. The number of nitrogens with one attached hydrogen (secondary N) is 3. The van der Waals surface area contributed by atoms with Crippen molar-refractivity contribution in [1.82, 2.24) is 20.5 Å². The third-order valence-electron chi connectivity index (χ3n) is 7.23. The maximum atomic E-state index is 13.1. The highest BCUT2D eigenvalue weighted by atomic mass is 16.2. The number of hydrogen-bond acceptors (Lipinski definition) is 3. The Hall–Kier alpha value is -3.09. The van der Waals surface area contributed by atoms with Gasteiger partial charge in [-0.05, 0) is 56.4 Å². The minimum absolute atomic E-state index is 0.0530. The summed E-state index contributed by atoms with van der Waals surface area (Å²) in [6.07, 6.45) is 8.21.